The number of anilines is 1. The van der Waals surface area contributed by atoms with Crippen LogP contribution in [0.3, 0.4) is 0 Å². The zero-order valence-corrected chi connectivity index (χ0v) is 9.97. The first-order valence-corrected chi connectivity index (χ1v) is 5.79. The van der Waals surface area contributed by atoms with E-state index in [0.717, 1.165) is 11.4 Å². The lowest BCUT2D eigenvalue weighted by Crippen LogP contribution is -2.12. The molecule has 0 unspecified atom stereocenters. The number of rotatable bonds is 2. The first-order chi connectivity index (χ1) is 7.66. The Morgan fingerprint density at radius 1 is 1.25 bits per heavy atom. The number of carbonyl (C=O) groups is 1. The monoisotopic (exact) mass is 232 g/mol. The first-order valence-electron chi connectivity index (χ1n) is 4.96. The molecule has 82 valence electrons. The predicted octanol–water partition coefficient (Wildman–Crippen LogP) is 3.01. The molecular weight excluding hydrogens is 220 g/mol. The number of hydrogen-bond donors (Lipinski definition) is 1. The summed E-state index contributed by atoms with van der Waals surface area (Å²) in [7, 11) is 0. The number of benzene rings is 1. The number of nitrogens with zero attached hydrogens (tertiary/aromatic N) is 1. The van der Waals surface area contributed by atoms with E-state index in [1.165, 1.54) is 17.1 Å². The number of carbonyl (C=O) groups excluding carboxylic acids is 1. The van der Waals surface area contributed by atoms with Crippen LogP contribution in [0.2, 0.25) is 0 Å². The fraction of sp³-hybridized carbons (Fsp3) is 0.167. The second kappa shape index (κ2) is 4.45. The Balaban J connectivity index is 2.14. The Morgan fingerprint density at radius 3 is 2.50 bits per heavy atom. The molecule has 1 N–H and O–H groups in total. The summed E-state index contributed by atoms with van der Waals surface area (Å²) in [5, 5.41) is 4.60. The molecule has 0 saturated heterocycles. The van der Waals surface area contributed by atoms with Crippen LogP contribution in [0, 0.1) is 13.8 Å². The molecule has 0 atom stereocenters. The molecule has 3 nitrogen and oxygen atoms in total. The minimum atomic E-state index is -0.102. The number of hydrogen-bond acceptors (Lipinski definition) is 3. The van der Waals surface area contributed by atoms with E-state index in [2.05, 4.69) is 9.69 Å². The lowest BCUT2D eigenvalue weighted by molar-refractivity contribution is 0.102. The number of aromatic nitrogens is 1. The SMILES string of the molecule is Cc1ccc(NC(=O)c2csnc2C)cc1. The normalized spacial score (nSPS) is 10.1. The summed E-state index contributed by atoms with van der Waals surface area (Å²) in [6, 6.07) is 7.72. The van der Waals surface area contributed by atoms with Crippen LogP contribution in [0.15, 0.2) is 29.6 Å². The lowest BCUT2D eigenvalue weighted by atomic mass is 10.2. The highest BCUT2D eigenvalue weighted by atomic mass is 32.1. The topological polar surface area (TPSA) is 42.0 Å². The van der Waals surface area contributed by atoms with Crippen molar-refractivity contribution in [1.82, 2.24) is 4.37 Å². The molecule has 0 radical (unpaired) electrons. The second-order valence-corrected chi connectivity index (χ2v) is 4.26. The van der Waals surface area contributed by atoms with Gasteiger partial charge in [-0.25, -0.2) is 0 Å². The van der Waals surface area contributed by atoms with Gasteiger partial charge in [-0.2, -0.15) is 4.37 Å². The fourth-order valence-electron chi connectivity index (χ4n) is 1.35. The van der Waals surface area contributed by atoms with Crippen molar-refractivity contribution in [2.75, 3.05) is 5.32 Å². The molecule has 1 heterocycles. The molecular formula is C12H12N2OS. The summed E-state index contributed by atoms with van der Waals surface area (Å²) in [6.07, 6.45) is 0. The van der Waals surface area contributed by atoms with E-state index >= 15 is 0 Å². The van der Waals surface area contributed by atoms with Gasteiger partial charge in [0.1, 0.15) is 0 Å². The zero-order valence-electron chi connectivity index (χ0n) is 9.15. The second-order valence-electron chi connectivity index (χ2n) is 3.63. The quantitative estimate of drug-likeness (QED) is 0.864. The van der Waals surface area contributed by atoms with Crippen LogP contribution in [0.4, 0.5) is 5.69 Å². The average Bonchev–Trinajstić information content (AvgIpc) is 2.68. The Bertz CT molecular complexity index is 502. The maximum Gasteiger partial charge on any atom is 0.258 e. The molecule has 4 heteroatoms. The summed E-state index contributed by atoms with van der Waals surface area (Å²) in [4.78, 5) is 11.8. The van der Waals surface area contributed by atoms with Crippen LogP contribution in [0.1, 0.15) is 21.6 Å². The van der Waals surface area contributed by atoms with E-state index in [1.54, 1.807) is 5.38 Å². The van der Waals surface area contributed by atoms with Gasteiger partial charge in [-0.15, -0.1) is 0 Å². The molecule has 0 aliphatic carbocycles. The highest BCUT2D eigenvalue weighted by molar-refractivity contribution is 7.04. The van der Waals surface area contributed by atoms with E-state index in [-0.39, 0.29) is 5.91 Å². The van der Waals surface area contributed by atoms with E-state index in [4.69, 9.17) is 0 Å². The third kappa shape index (κ3) is 2.28. The largest absolute Gasteiger partial charge is 0.322 e. The molecule has 2 aromatic rings. The van der Waals surface area contributed by atoms with E-state index < -0.39 is 0 Å². The molecule has 0 fully saturated rings. The third-order valence-electron chi connectivity index (χ3n) is 2.30. The highest BCUT2D eigenvalue weighted by Gasteiger charge is 2.10. The highest BCUT2D eigenvalue weighted by Crippen LogP contribution is 2.13. The van der Waals surface area contributed by atoms with Gasteiger partial charge in [0, 0.05) is 11.1 Å². The molecule has 1 aromatic carbocycles. The van der Waals surface area contributed by atoms with Gasteiger partial charge in [-0.3, -0.25) is 4.79 Å². The van der Waals surface area contributed by atoms with Crippen molar-refractivity contribution >= 4 is 23.1 Å². The van der Waals surface area contributed by atoms with E-state index in [9.17, 15) is 4.79 Å². The number of nitrogens with one attached hydrogen (secondary N) is 1. The lowest BCUT2D eigenvalue weighted by Gasteiger charge is -2.04. The van der Waals surface area contributed by atoms with Crippen LogP contribution in [0.25, 0.3) is 0 Å². The molecule has 0 spiro atoms. The van der Waals surface area contributed by atoms with Crippen LogP contribution < -0.4 is 5.32 Å². The van der Waals surface area contributed by atoms with Crippen molar-refractivity contribution in [3.05, 3.63) is 46.5 Å². The molecule has 0 aliphatic rings. The van der Waals surface area contributed by atoms with Crippen LogP contribution in [0.5, 0.6) is 0 Å². The summed E-state index contributed by atoms with van der Waals surface area (Å²) in [6.45, 7) is 3.85. The molecule has 0 saturated carbocycles. The van der Waals surface area contributed by atoms with Crippen molar-refractivity contribution in [2.24, 2.45) is 0 Å². The van der Waals surface area contributed by atoms with Crippen LogP contribution >= 0.6 is 11.5 Å². The minimum absolute atomic E-state index is 0.102. The molecule has 1 amide bonds. The Kier molecular flexibility index (Phi) is 3.01. The molecule has 16 heavy (non-hydrogen) atoms. The number of aryl methyl sites for hydroxylation is 2. The summed E-state index contributed by atoms with van der Waals surface area (Å²) in [5.41, 5.74) is 3.40. The van der Waals surface area contributed by atoms with Crippen molar-refractivity contribution < 1.29 is 4.79 Å². The van der Waals surface area contributed by atoms with Crippen molar-refractivity contribution in [2.45, 2.75) is 13.8 Å². The maximum atomic E-state index is 11.8. The van der Waals surface area contributed by atoms with Gasteiger partial charge in [0.25, 0.3) is 5.91 Å². The minimum Gasteiger partial charge on any atom is -0.322 e. The molecule has 1 aromatic heterocycles. The zero-order chi connectivity index (χ0) is 11.5. The van der Waals surface area contributed by atoms with Crippen LogP contribution in [-0.2, 0) is 0 Å². The van der Waals surface area contributed by atoms with E-state index in [0.29, 0.717) is 5.56 Å². The summed E-state index contributed by atoms with van der Waals surface area (Å²) in [5.74, 6) is -0.102. The Labute approximate surface area is 98.3 Å². The van der Waals surface area contributed by atoms with Crippen molar-refractivity contribution in [1.29, 1.82) is 0 Å². The van der Waals surface area contributed by atoms with Crippen LogP contribution in [-0.4, -0.2) is 10.3 Å². The summed E-state index contributed by atoms with van der Waals surface area (Å²) < 4.78 is 4.07. The molecule has 0 bridgehead atoms. The molecule has 2 rings (SSSR count). The number of amides is 1. The smallest absolute Gasteiger partial charge is 0.258 e. The van der Waals surface area contributed by atoms with Gasteiger partial charge >= 0.3 is 0 Å². The van der Waals surface area contributed by atoms with Gasteiger partial charge in [-0.1, -0.05) is 17.7 Å². The van der Waals surface area contributed by atoms with Crippen molar-refractivity contribution in [3.8, 4) is 0 Å². The Hall–Kier alpha value is -1.68. The van der Waals surface area contributed by atoms with Gasteiger partial charge in [0.05, 0.1) is 11.3 Å². The predicted molar refractivity (Wildman–Crippen MR) is 66.0 cm³/mol. The standard InChI is InChI=1S/C12H12N2OS/c1-8-3-5-10(6-4-8)13-12(15)11-7-16-14-9(11)2/h3-7H,1-2H3,(H,13,15). The van der Waals surface area contributed by atoms with E-state index in [1.807, 2.05) is 38.1 Å². The fourth-order valence-corrected chi connectivity index (χ4v) is 2.04. The Morgan fingerprint density at radius 2 is 1.94 bits per heavy atom. The first kappa shape index (κ1) is 10.8. The van der Waals surface area contributed by atoms with Crippen molar-refractivity contribution in [3.63, 3.8) is 0 Å². The average molecular weight is 232 g/mol. The van der Waals surface area contributed by atoms with Gasteiger partial charge in [0.2, 0.25) is 0 Å². The molecule has 0 aliphatic heterocycles. The van der Waals surface area contributed by atoms with Gasteiger partial charge < -0.3 is 5.32 Å². The van der Waals surface area contributed by atoms with Gasteiger partial charge in [-0.05, 0) is 37.5 Å². The third-order valence-corrected chi connectivity index (χ3v) is 3.02. The summed E-state index contributed by atoms with van der Waals surface area (Å²) >= 11 is 1.30. The van der Waals surface area contributed by atoms with Gasteiger partial charge in [0.15, 0.2) is 0 Å². The maximum absolute atomic E-state index is 11.8.